The second-order valence-electron chi connectivity index (χ2n) is 3.87. The van der Waals surface area contributed by atoms with Crippen LogP contribution in [0.4, 0.5) is 5.69 Å². The Kier molecular flexibility index (Phi) is 3.55. The molecule has 0 saturated carbocycles. The molecule has 0 aliphatic rings. The topological polar surface area (TPSA) is 43.1 Å². The molecule has 2 N–H and O–H groups in total. The summed E-state index contributed by atoms with van der Waals surface area (Å²) in [5.41, 5.74) is 9.60. The Hall–Kier alpha value is -1.66. The molecule has 2 nitrogen and oxygen atoms in total. The molecule has 0 aliphatic heterocycles. The quantitative estimate of drug-likeness (QED) is 0.510. The highest BCUT2D eigenvalue weighted by Gasteiger charge is 2.04. The Labute approximate surface area is 103 Å². The number of carbonyl (C=O) groups excluding carboxylic acids is 1. The molecule has 3 heteroatoms. The van der Waals surface area contributed by atoms with Crippen molar-refractivity contribution in [2.75, 3.05) is 5.73 Å². The fraction of sp³-hybridized carbons (Fsp3) is 0.0714. The van der Waals surface area contributed by atoms with E-state index in [1.807, 2.05) is 36.4 Å². The SMILES string of the molecule is Nc1ccc(-c2ccccc2P)cc1CC=O. The van der Waals surface area contributed by atoms with Crippen molar-refractivity contribution in [3.05, 3.63) is 48.0 Å². The van der Waals surface area contributed by atoms with E-state index in [4.69, 9.17) is 5.73 Å². The molecule has 0 amide bonds. The standard InChI is InChI=1S/C14H14NOP/c15-13-6-5-10(9-11(13)7-8-16)12-3-1-2-4-14(12)17/h1-6,8-9H,7,15,17H2. The number of anilines is 1. The van der Waals surface area contributed by atoms with Crippen molar-refractivity contribution >= 4 is 26.5 Å². The van der Waals surface area contributed by atoms with E-state index in [-0.39, 0.29) is 0 Å². The second kappa shape index (κ2) is 5.11. The van der Waals surface area contributed by atoms with Crippen molar-refractivity contribution in [2.45, 2.75) is 6.42 Å². The summed E-state index contributed by atoms with van der Waals surface area (Å²) in [6, 6.07) is 13.9. The van der Waals surface area contributed by atoms with Crippen LogP contribution in [-0.2, 0) is 11.2 Å². The van der Waals surface area contributed by atoms with Crippen molar-refractivity contribution in [2.24, 2.45) is 0 Å². The third-order valence-corrected chi connectivity index (χ3v) is 3.22. The highest BCUT2D eigenvalue weighted by Crippen LogP contribution is 2.23. The molecule has 0 heterocycles. The molecule has 1 atom stereocenters. The molecule has 17 heavy (non-hydrogen) atoms. The van der Waals surface area contributed by atoms with E-state index in [9.17, 15) is 4.79 Å². The Bertz CT molecular complexity index is 552. The average molecular weight is 243 g/mol. The van der Waals surface area contributed by atoms with Crippen LogP contribution in [0.15, 0.2) is 42.5 Å². The van der Waals surface area contributed by atoms with E-state index in [0.29, 0.717) is 12.1 Å². The molecule has 1 unspecified atom stereocenters. The van der Waals surface area contributed by atoms with Crippen LogP contribution in [0.25, 0.3) is 11.1 Å². The van der Waals surface area contributed by atoms with Gasteiger partial charge in [-0.3, -0.25) is 0 Å². The summed E-state index contributed by atoms with van der Waals surface area (Å²) in [7, 11) is 2.71. The first-order valence-corrected chi connectivity index (χ1v) is 5.97. The number of aldehydes is 1. The molecule has 2 rings (SSSR count). The highest BCUT2D eigenvalue weighted by molar-refractivity contribution is 7.28. The first-order chi connectivity index (χ1) is 8.22. The molecule has 0 radical (unpaired) electrons. The summed E-state index contributed by atoms with van der Waals surface area (Å²) in [5, 5.41) is 1.13. The van der Waals surface area contributed by atoms with Crippen LogP contribution in [0.5, 0.6) is 0 Å². The van der Waals surface area contributed by atoms with Crippen LogP contribution in [0.1, 0.15) is 5.56 Å². The summed E-state index contributed by atoms with van der Waals surface area (Å²) >= 11 is 0. The minimum absolute atomic E-state index is 0.360. The molecule has 0 fully saturated rings. The predicted octanol–water partition coefficient (Wildman–Crippen LogP) is 2.18. The van der Waals surface area contributed by atoms with Gasteiger partial charge in [0.15, 0.2) is 0 Å². The van der Waals surface area contributed by atoms with Crippen LogP contribution in [0, 0.1) is 0 Å². The molecular weight excluding hydrogens is 229 g/mol. The Morgan fingerprint density at radius 1 is 1.18 bits per heavy atom. The maximum atomic E-state index is 10.6. The molecule has 86 valence electrons. The summed E-state index contributed by atoms with van der Waals surface area (Å²) < 4.78 is 0. The molecule has 0 aliphatic carbocycles. The minimum Gasteiger partial charge on any atom is -0.398 e. The van der Waals surface area contributed by atoms with Crippen LogP contribution in [-0.4, -0.2) is 6.29 Å². The lowest BCUT2D eigenvalue weighted by Crippen LogP contribution is -1.99. The van der Waals surface area contributed by atoms with Crippen LogP contribution < -0.4 is 11.0 Å². The zero-order chi connectivity index (χ0) is 12.3. The van der Waals surface area contributed by atoms with Gasteiger partial charge in [-0.2, -0.15) is 0 Å². The molecular formula is C14H14NOP. The van der Waals surface area contributed by atoms with Crippen molar-refractivity contribution in [3.8, 4) is 11.1 Å². The van der Waals surface area contributed by atoms with Gasteiger partial charge in [0, 0.05) is 12.1 Å². The molecule has 0 bridgehead atoms. The van der Waals surface area contributed by atoms with Gasteiger partial charge >= 0.3 is 0 Å². The Morgan fingerprint density at radius 3 is 2.65 bits per heavy atom. The molecule has 0 aromatic heterocycles. The normalized spacial score (nSPS) is 10.2. The van der Waals surface area contributed by atoms with Crippen molar-refractivity contribution in [3.63, 3.8) is 0 Å². The van der Waals surface area contributed by atoms with Crippen LogP contribution in [0.2, 0.25) is 0 Å². The summed E-state index contributed by atoms with van der Waals surface area (Å²) in [6.45, 7) is 0. The molecule has 0 spiro atoms. The first-order valence-electron chi connectivity index (χ1n) is 5.39. The van der Waals surface area contributed by atoms with Crippen molar-refractivity contribution in [1.82, 2.24) is 0 Å². The fourth-order valence-corrected chi connectivity index (χ4v) is 2.17. The summed E-state index contributed by atoms with van der Waals surface area (Å²) in [6.07, 6.45) is 1.24. The number of nitrogens with two attached hydrogens (primary N) is 1. The minimum atomic E-state index is 0.360. The summed E-state index contributed by atoms with van der Waals surface area (Å²) in [5.74, 6) is 0. The molecule has 2 aromatic rings. The van der Waals surface area contributed by atoms with Gasteiger partial charge in [-0.1, -0.05) is 30.3 Å². The van der Waals surface area contributed by atoms with E-state index in [2.05, 4.69) is 15.3 Å². The second-order valence-corrected chi connectivity index (χ2v) is 4.49. The number of benzene rings is 2. The van der Waals surface area contributed by atoms with E-state index in [0.717, 1.165) is 28.3 Å². The lowest BCUT2D eigenvalue weighted by Gasteiger charge is -2.09. The molecule has 0 saturated heterocycles. The maximum Gasteiger partial charge on any atom is 0.124 e. The third-order valence-electron chi connectivity index (χ3n) is 2.72. The van der Waals surface area contributed by atoms with E-state index < -0.39 is 0 Å². The smallest absolute Gasteiger partial charge is 0.124 e. The highest BCUT2D eigenvalue weighted by atomic mass is 31.0. The molecule has 2 aromatic carbocycles. The number of rotatable bonds is 3. The van der Waals surface area contributed by atoms with E-state index in [1.54, 1.807) is 0 Å². The maximum absolute atomic E-state index is 10.6. The van der Waals surface area contributed by atoms with Gasteiger partial charge in [-0.05, 0) is 34.1 Å². The number of hydrogen-bond donors (Lipinski definition) is 1. The van der Waals surface area contributed by atoms with E-state index in [1.165, 1.54) is 0 Å². The number of nitrogen functional groups attached to an aromatic ring is 1. The Balaban J connectivity index is 2.50. The fourth-order valence-electron chi connectivity index (χ4n) is 1.80. The zero-order valence-electron chi connectivity index (χ0n) is 9.39. The third kappa shape index (κ3) is 2.54. The Morgan fingerprint density at radius 2 is 1.94 bits per heavy atom. The first kappa shape index (κ1) is 11.8. The van der Waals surface area contributed by atoms with Crippen molar-refractivity contribution < 1.29 is 4.79 Å². The number of hydrogen-bond acceptors (Lipinski definition) is 2. The van der Waals surface area contributed by atoms with Crippen molar-refractivity contribution in [1.29, 1.82) is 0 Å². The lowest BCUT2D eigenvalue weighted by molar-refractivity contribution is -0.107. The van der Waals surface area contributed by atoms with Gasteiger partial charge in [0.2, 0.25) is 0 Å². The van der Waals surface area contributed by atoms with Crippen LogP contribution >= 0.6 is 9.24 Å². The van der Waals surface area contributed by atoms with Gasteiger partial charge in [-0.25, -0.2) is 0 Å². The van der Waals surface area contributed by atoms with Gasteiger partial charge < -0.3 is 10.5 Å². The summed E-state index contributed by atoms with van der Waals surface area (Å²) in [4.78, 5) is 10.6. The van der Waals surface area contributed by atoms with Gasteiger partial charge in [-0.15, -0.1) is 9.24 Å². The zero-order valence-corrected chi connectivity index (χ0v) is 10.5. The lowest BCUT2D eigenvalue weighted by atomic mass is 10.0. The average Bonchev–Trinajstić information content (AvgIpc) is 2.33. The largest absolute Gasteiger partial charge is 0.398 e. The van der Waals surface area contributed by atoms with Crippen LogP contribution in [0.3, 0.4) is 0 Å². The number of carbonyl (C=O) groups is 1. The van der Waals surface area contributed by atoms with E-state index >= 15 is 0 Å². The predicted molar refractivity (Wildman–Crippen MR) is 75.4 cm³/mol. The van der Waals surface area contributed by atoms with Gasteiger partial charge in [0.25, 0.3) is 0 Å². The van der Waals surface area contributed by atoms with Gasteiger partial charge in [0.05, 0.1) is 0 Å². The van der Waals surface area contributed by atoms with Gasteiger partial charge in [0.1, 0.15) is 6.29 Å². The monoisotopic (exact) mass is 243 g/mol.